The Morgan fingerprint density at radius 3 is 1.53 bits per heavy atom. The highest BCUT2D eigenvalue weighted by Crippen LogP contribution is 2.12. The third-order valence-corrected chi connectivity index (χ3v) is 3.26. The van der Waals surface area contributed by atoms with E-state index in [1.54, 1.807) is 0 Å². The average molecular weight is 237 g/mol. The molecular weight excluding hydrogens is 204 g/mol. The van der Waals surface area contributed by atoms with E-state index < -0.39 is 0 Å². The van der Waals surface area contributed by atoms with E-state index in [9.17, 15) is 0 Å². The van der Waals surface area contributed by atoms with Gasteiger partial charge in [-0.1, -0.05) is 82.8 Å². The molecule has 0 atom stereocenters. The van der Waals surface area contributed by atoms with Crippen LogP contribution in [0.4, 0.5) is 0 Å². The van der Waals surface area contributed by atoms with Crippen LogP contribution in [0.1, 0.15) is 90.9 Å². The predicted octanol–water partition coefficient (Wildman–Crippen LogP) is 6.47. The van der Waals surface area contributed by atoms with E-state index >= 15 is 0 Å². The van der Waals surface area contributed by atoms with Gasteiger partial charge in [0.05, 0.1) is 0 Å². The van der Waals surface area contributed by atoms with Gasteiger partial charge in [0.2, 0.25) is 0 Å². The molecule has 0 nitrogen and oxygen atoms in total. The molecule has 0 aliphatic rings. The monoisotopic (exact) mass is 237 g/mol. The smallest absolute Gasteiger partial charge is 0.0348 e. The van der Waals surface area contributed by atoms with Crippen molar-refractivity contribution in [1.29, 1.82) is 0 Å². The van der Waals surface area contributed by atoms with Crippen molar-refractivity contribution in [1.82, 2.24) is 0 Å². The summed E-state index contributed by atoms with van der Waals surface area (Å²) in [5.74, 6) is 0. The zero-order valence-corrected chi connectivity index (χ0v) is 12.3. The number of unbranched alkanes of at least 4 members (excludes halogenated alkanes) is 11. The molecule has 0 aromatic heterocycles. The maximum absolute atomic E-state index is 3.88. The number of rotatable bonds is 12. The molecule has 0 amide bonds. The highest BCUT2D eigenvalue weighted by atomic mass is 14.0. The zero-order valence-electron chi connectivity index (χ0n) is 12.3. The lowest BCUT2D eigenvalue weighted by atomic mass is 10.1. The van der Waals surface area contributed by atoms with E-state index in [1.165, 1.54) is 76.2 Å². The van der Waals surface area contributed by atoms with Gasteiger partial charge in [0.25, 0.3) is 0 Å². The zero-order chi connectivity index (χ0) is 12.8. The molecule has 0 aliphatic carbocycles. The topological polar surface area (TPSA) is 0 Å². The van der Waals surface area contributed by atoms with Gasteiger partial charge in [-0.05, 0) is 26.7 Å². The van der Waals surface area contributed by atoms with Crippen molar-refractivity contribution < 1.29 is 0 Å². The fourth-order valence-electron chi connectivity index (χ4n) is 2.13. The van der Waals surface area contributed by atoms with Crippen LogP contribution in [0, 0.1) is 6.92 Å². The molecule has 0 heteroatoms. The van der Waals surface area contributed by atoms with Crippen molar-refractivity contribution in [3.05, 3.63) is 18.6 Å². The Labute approximate surface area is 110 Å². The summed E-state index contributed by atoms with van der Waals surface area (Å²) in [6, 6.07) is 0. The van der Waals surface area contributed by atoms with E-state index in [-0.39, 0.29) is 0 Å². The summed E-state index contributed by atoms with van der Waals surface area (Å²) in [6.45, 7) is 8.25. The quantitative estimate of drug-likeness (QED) is 0.269. The fraction of sp³-hybridized carbons (Fsp3) is 0.824. The lowest BCUT2D eigenvalue weighted by molar-refractivity contribution is 0.553. The summed E-state index contributed by atoms with van der Waals surface area (Å²) in [7, 11) is 0. The van der Waals surface area contributed by atoms with E-state index in [1.807, 2.05) is 0 Å². The molecule has 0 saturated heterocycles. The molecule has 0 aliphatic heterocycles. The molecule has 0 aromatic carbocycles. The Morgan fingerprint density at radius 1 is 0.706 bits per heavy atom. The highest BCUT2D eigenvalue weighted by molar-refractivity contribution is 4.92. The van der Waals surface area contributed by atoms with E-state index in [0.717, 1.165) is 6.42 Å². The summed E-state index contributed by atoms with van der Waals surface area (Å²) in [4.78, 5) is 0. The van der Waals surface area contributed by atoms with E-state index in [2.05, 4.69) is 26.8 Å². The number of allylic oxidation sites excluding steroid dienone is 2. The third-order valence-electron chi connectivity index (χ3n) is 3.26. The van der Waals surface area contributed by atoms with Gasteiger partial charge in [-0.15, -0.1) is 0 Å². The summed E-state index contributed by atoms with van der Waals surface area (Å²) in [5.41, 5.74) is 1.47. The molecule has 0 unspecified atom stereocenters. The first-order chi connectivity index (χ1) is 8.27. The molecular formula is C17H33. The minimum atomic E-state index is 1.12. The van der Waals surface area contributed by atoms with Crippen molar-refractivity contribution in [3.63, 3.8) is 0 Å². The lowest BCUT2D eigenvalue weighted by Gasteiger charge is -2.01. The van der Waals surface area contributed by atoms with Crippen molar-refractivity contribution in [2.24, 2.45) is 0 Å². The molecule has 1 radical (unpaired) electrons. The van der Waals surface area contributed by atoms with E-state index in [0.29, 0.717) is 0 Å². The standard InChI is InChI=1S/C17H33/c1-4-5-6-7-8-9-10-11-12-13-14-15-16-17(2)3/h16H,1,4-15H2,2-3H3. The third kappa shape index (κ3) is 15.7. The van der Waals surface area contributed by atoms with Crippen LogP contribution in [0.5, 0.6) is 0 Å². The van der Waals surface area contributed by atoms with Gasteiger partial charge in [-0.2, -0.15) is 0 Å². The SMILES string of the molecule is [CH2]CCCCCCCCCCCCC=C(C)C. The molecule has 0 spiro atoms. The first-order valence-corrected chi connectivity index (χ1v) is 7.70. The maximum atomic E-state index is 3.88. The lowest BCUT2D eigenvalue weighted by Crippen LogP contribution is -1.82. The first-order valence-electron chi connectivity index (χ1n) is 7.70. The van der Waals surface area contributed by atoms with Gasteiger partial charge in [-0.25, -0.2) is 0 Å². The van der Waals surface area contributed by atoms with Gasteiger partial charge in [0.15, 0.2) is 0 Å². The van der Waals surface area contributed by atoms with Crippen molar-refractivity contribution in [2.45, 2.75) is 90.9 Å². The second-order valence-corrected chi connectivity index (χ2v) is 5.46. The Kier molecular flexibility index (Phi) is 13.6. The summed E-state index contributed by atoms with van der Waals surface area (Å²) < 4.78 is 0. The van der Waals surface area contributed by atoms with Crippen molar-refractivity contribution in [2.75, 3.05) is 0 Å². The Morgan fingerprint density at radius 2 is 1.12 bits per heavy atom. The van der Waals surface area contributed by atoms with Crippen LogP contribution in [0.3, 0.4) is 0 Å². The molecule has 0 heterocycles. The van der Waals surface area contributed by atoms with Crippen LogP contribution in [0.25, 0.3) is 0 Å². The predicted molar refractivity (Wildman–Crippen MR) is 80.2 cm³/mol. The molecule has 0 saturated carbocycles. The largest absolute Gasteiger partial charge is 0.0859 e. The van der Waals surface area contributed by atoms with E-state index in [4.69, 9.17) is 0 Å². The van der Waals surface area contributed by atoms with Crippen LogP contribution >= 0.6 is 0 Å². The normalized spacial score (nSPS) is 10.5. The van der Waals surface area contributed by atoms with Gasteiger partial charge in [-0.3, -0.25) is 0 Å². The summed E-state index contributed by atoms with van der Waals surface area (Å²) in [6.07, 6.45) is 18.9. The molecule has 17 heavy (non-hydrogen) atoms. The van der Waals surface area contributed by atoms with Gasteiger partial charge in [0.1, 0.15) is 0 Å². The molecule has 0 fully saturated rings. The van der Waals surface area contributed by atoms with Crippen molar-refractivity contribution in [3.8, 4) is 0 Å². The Hall–Kier alpha value is -0.260. The van der Waals surface area contributed by atoms with Crippen LogP contribution in [-0.4, -0.2) is 0 Å². The van der Waals surface area contributed by atoms with Crippen LogP contribution < -0.4 is 0 Å². The Bertz CT molecular complexity index is 163. The summed E-state index contributed by atoms with van der Waals surface area (Å²) in [5, 5.41) is 0. The van der Waals surface area contributed by atoms with Crippen LogP contribution in [0.2, 0.25) is 0 Å². The second kappa shape index (κ2) is 13.8. The summed E-state index contributed by atoms with van der Waals surface area (Å²) >= 11 is 0. The highest BCUT2D eigenvalue weighted by Gasteiger charge is 1.92. The van der Waals surface area contributed by atoms with Crippen LogP contribution in [-0.2, 0) is 0 Å². The molecule has 0 N–H and O–H groups in total. The van der Waals surface area contributed by atoms with Gasteiger partial charge in [0, 0.05) is 0 Å². The molecule has 0 bridgehead atoms. The first kappa shape index (κ1) is 16.7. The fourth-order valence-corrected chi connectivity index (χ4v) is 2.13. The molecule has 101 valence electrons. The average Bonchev–Trinajstić information content (AvgIpc) is 2.30. The molecule has 0 rings (SSSR count). The van der Waals surface area contributed by atoms with Gasteiger partial charge < -0.3 is 0 Å². The van der Waals surface area contributed by atoms with Crippen LogP contribution in [0.15, 0.2) is 11.6 Å². The number of hydrogen-bond acceptors (Lipinski definition) is 0. The van der Waals surface area contributed by atoms with Gasteiger partial charge >= 0.3 is 0 Å². The minimum Gasteiger partial charge on any atom is -0.0859 e. The number of hydrogen-bond donors (Lipinski definition) is 0. The molecule has 0 aromatic rings. The Balaban J connectivity index is 2.96. The van der Waals surface area contributed by atoms with Crippen molar-refractivity contribution >= 4 is 0 Å². The second-order valence-electron chi connectivity index (χ2n) is 5.46. The maximum Gasteiger partial charge on any atom is -0.0348 e. The minimum absolute atomic E-state index is 1.12.